The average Bonchev–Trinajstić information content (AvgIpc) is 3.54. The molecule has 5 heterocycles. The molecule has 166 valence electrons. The number of fused-ring (bicyclic) bond motifs is 3. The summed E-state index contributed by atoms with van der Waals surface area (Å²) in [4.78, 5) is 18.6. The number of ketones is 1. The molecule has 32 heavy (non-hydrogen) atoms. The first-order chi connectivity index (χ1) is 15.6. The topological polar surface area (TPSA) is 68.2 Å². The number of aromatic nitrogens is 2. The number of ether oxygens (including phenoxy) is 1. The number of pyridine rings is 1. The molecule has 6 nitrogen and oxygen atoms in total. The summed E-state index contributed by atoms with van der Waals surface area (Å²) in [6.45, 7) is 4.14. The number of benzene rings is 1. The van der Waals surface area contributed by atoms with Crippen molar-refractivity contribution in [3.8, 4) is 0 Å². The summed E-state index contributed by atoms with van der Waals surface area (Å²) in [6.07, 6.45) is 7.88. The second kappa shape index (κ2) is 7.96. The van der Waals surface area contributed by atoms with E-state index in [1.54, 1.807) is 6.20 Å². The Labute approximate surface area is 192 Å². The lowest BCUT2D eigenvalue weighted by Gasteiger charge is -2.32. The molecular formula is C25H27ClN4O2. The molecule has 0 bridgehead atoms. The average molecular weight is 451 g/mol. The van der Waals surface area contributed by atoms with Crippen molar-refractivity contribution in [2.75, 3.05) is 19.6 Å². The fraction of sp³-hybridized carbons (Fsp3) is 0.440. The summed E-state index contributed by atoms with van der Waals surface area (Å²) < 4.78 is 8.47. The van der Waals surface area contributed by atoms with Gasteiger partial charge in [0.2, 0.25) is 0 Å². The summed E-state index contributed by atoms with van der Waals surface area (Å²) in [5.74, 6) is 0.0312. The van der Waals surface area contributed by atoms with Gasteiger partial charge in [0, 0.05) is 52.1 Å². The minimum atomic E-state index is -0.355. The molecule has 1 spiro atoms. The van der Waals surface area contributed by atoms with Crippen molar-refractivity contribution in [2.45, 2.75) is 50.5 Å². The van der Waals surface area contributed by atoms with Crippen LogP contribution in [0.5, 0.6) is 0 Å². The van der Waals surface area contributed by atoms with Gasteiger partial charge < -0.3 is 19.9 Å². The Morgan fingerprint density at radius 1 is 1.22 bits per heavy atom. The smallest absolute Gasteiger partial charge is 0.195 e. The molecule has 0 unspecified atom stereocenters. The van der Waals surface area contributed by atoms with E-state index < -0.39 is 0 Å². The Balaban J connectivity index is 1.42. The van der Waals surface area contributed by atoms with Gasteiger partial charge in [-0.2, -0.15) is 0 Å². The number of hydrogen-bond donors (Lipinski definition) is 2. The van der Waals surface area contributed by atoms with Crippen LogP contribution in [0.3, 0.4) is 0 Å². The fourth-order valence-electron chi connectivity index (χ4n) is 5.63. The lowest BCUT2D eigenvalue weighted by Crippen LogP contribution is -2.40. The van der Waals surface area contributed by atoms with Gasteiger partial charge in [0.25, 0.3) is 0 Å². The number of nitrogens with zero attached hydrogens (tertiary/aromatic N) is 2. The summed E-state index contributed by atoms with van der Waals surface area (Å²) in [5.41, 5.74) is 3.98. The molecule has 3 aliphatic rings. The van der Waals surface area contributed by atoms with E-state index in [1.807, 2.05) is 30.5 Å². The monoisotopic (exact) mass is 450 g/mol. The molecule has 0 aliphatic carbocycles. The van der Waals surface area contributed by atoms with Crippen molar-refractivity contribution >= 4 is 28.3 Å². The first-order valence-corrected chi connectivity index (χ1v) is 11.9. The Bertz CT molecular complexity index is 1190. The van der Waals surface area contributed by atoms with Gasteiger partial charge in [-0.1, -0.05) is 17.7 Å². The van der Waals surface area contributed by atoms with Crippen LogP contribution in [0.15, 0.2) is 36.7 Å². The molecule has 3 aromatic rings. The SMILES string of the molecule is O=C(c1ccnc2c1COC21CCNCC1)c1cn(C[C@@H]2CCCN2)c2cc(Cl)ccc12. The van der Waals surface area contributed by atoms with E-state index >= 15 is 0 Å². The zero-order valence-electron chi connectivity index (χ0n) is 18.0. The number of carbonyl (C=O) groups is 1. The fourth-order valence-corrected chi connectivity index (χ4v) is 5.79. The normalized spacial score (nSPS) is 22.0. The molecule has 0 saturated carbocycles. The zero-order valence-corrected chi connectivity index (χ0v) is 18.8. The van der Waals surface area contributed by atoms with Crippen molar-refractivity contribution in [1.82, 2.24) is 20.2 Å². The number of piperidine rings is 1. The Kier molecular flexibility index (Phi) is 5.06. The van der Waals surface area contributed by atoms with Crippen molar-refractivity contribution in [1.29, 1.82) is 0 Å². The highest BCUT2D eigenvalue weighted by Crippen LogP contribution is 2.43. The maximum atomic E-state index is 13.9. The van der Waals surface area contributed by atoms with E-state index in [1.165, 1.54) is 6.42 Å². The number of rotatable bonds is 4. The standard InChI is InChI=1S/C25H27ClN4O2/c26-16-3-4-18-20(14-30(22(18)12-16)13-17-2-1-8-28-17)23(31)19-5-9-29-24-21(19)15-32-25(24)6-10-27-11-7-25/h3-5,9,12,14,17,27-28H,1-2,6-8,10-11,13,15H2/t17-/m0/s1. The lowest BCUT2D eigenvalue weighted by atomic mass is 9.86. The number of halogens is 1. The third-order valence-electron chi connectivity index (χ3n) is 7.30. The van der Waals surface area contributed by atoms with Crippen LogP contribution in [0.1, 0.15) is 52.9 Å². The van der Waals surface area contributed by atoms with Gasteiger partial charge in [0.1, 0.15) is 5.60 Å². The van der Waals surface area contributed by atoms with Crippen LogP contribution < -0.4 is 10.6 Å². The van der Waals surface area contributed by atoms with Gasteiger partial charge in [-0.25, -0.2) is 0 Å². The molecule has 1 atom stereocenters. The second-order valence-electron chi connectivity index (χ2n) is 9.20. The van der Waals surface area contributed by atoms with Gasteiger partial charge in [-0.3, -0.25) is 9.78 Å². The molecule has 2 aromatic heterocycles. The summed E-state index contributed by atoms with van der Waals surface area (Å²) in [6, 6.07) is 8.07. The van der Waals surface area contributed by atoms with Crippen LogP contribution in [0.4, 0.5) is 0 Å². The molecule has 2 saturated heterocycles. The van der Waals surface area contributed by atoms with Crippen LogP contribution >= 0.6 is 11.6 Å². The first kappa shape index (κ1) is 20.4. The van der Waals surface area contributed by atoms with Crippen molar-refractivity contribution in [3.05, 3.63) is 64.1 Å². The van der Waals surface area contributed by atoms with Gasteiger partial charge in [-0.15, -0.1) is 0 Å². The second-order valence-corrected chi connectivity index (χ2v) is 9.63. The molecule has 1 aromatic carbocycles. The third kappa shape index (κ3) is 3.28. The van der Waals surface area contributed by atoms with Crippen LogP contribution in [-0.2, 0) is 23.5 Å². The van der Waals surface area contributed by atoms with E-state index in [0.717, 1.165) is 67.6 Å². The molecule has 7 heteroatoms. The maximum Gasteiger partial charge on any atom is 0.195 e. The Morgan fingerprint density at radius 3 is 2.91 bits per heavy atom. The van der Waals surface area contributed by atoms with E-state index in [2.05, 4.69) is 20.2 Å². The molecule has 0 radical (unpaired) electrons. The highest BCUT2D eigenvalue weighted by molar-refractivity contribution is 6.31. The summed E-state index contributed by atoms with van der Waals surface area (Å²) >= 11 is 6.33. The molecular weight excluding hydrogens is 424 g/mol. The van der Waals surface area contributed by atoms with Gasteiger partial charge in [0.05, 0.1) is 17.8 Å². The Hall–Kier alpha value is -2.25. The highest BCUT2D eigenvalue weighted by Gasteiger charge is 2.44. The predicted octanol–water partition coefficient (Wildman–Crippen LogP) is 3.78. The van der Waals surface area contributed by atoms with Crippen molar-refractivity contribution < 1.29 is 9.53 Å². The highest BCUT2D eigenvalue weighted by atomic mass is 35.5. The number of carbonyl (C=O) groups excluding carboxylic acids is 1. The third-order valence-corrected chi connectivity index (χ3v) is 7.54. The van der Waals surface area contributed by atoms with E-state index in [4.69, 9.17) is 16.3 Å². The maximum absolute atomic E-state index is 13.9. The molecule has 3 aliphatic heterocycles. The minimum Gasteiger partial charge on any atom is -0.364 e. The minimum absolute atomic E-state index is 0.0312. The predicted molar refractivity (Wildman–Crippen MR) is 124 cm³/mol. The van der Waals surface area contributed by atoms with Crippen LogP contribution in [-0.4, -0.2) is 41.0 Å². The number of nitrogens with one attached hydrogen (secondary N) is 2. The van der Waals surface area contributed by atoms with Gasteiger partial charge in [-0.05, 0) is 63.5 Å². The zero-order chi connectivity index (χ0) is 21.7. The van der Waals surface area contributed by atoms with Crippen LogP contribution in [0, 0.1) is 0 Å². The van der Waals surface area contributed by atoms with Crippen LogP contribution in [0.25, 0.3) is 10.9 Å². The number of hydrogen-bond acceptors (Lipinski definition) is 5. The molecule has 2 fully saturated rings. The molecule has 2 N–H and O–H groups in total. The van der Waals surface area contributed by atoms with Crippen molar-refractivity contribution in [3.63, 3.8) is 0 Å². The molecule has 0 amide bonds. The molecule has 6 rings (SSSR count). The summed E-state index contributed by atoms with van der Waals surface area (Å²) in [7, 11) is 0. The quantitative estimate of drug-likeness (QED) is 0.592. The van der Waals surface area contributed by atoms with Crippen molar-refractivity contribution in [2.24, 2.45) is 0 Å². The van der Waals surface area contributed by atoms with Gasteiger partial charge >= 0.3 is 0 Å². The van der Waals surface area contributed by atoms with E-state index in [9.17, 15) is 4.79 Å². The first-order valence-electron chi connectivity index (χ1n) is 11.5. The largest absolute Gasteiger partial charge is 0.364 e. The van der Waals surface area contributed by atoms with E-state index in [0.29, 0.717) is 28.8 Å². The van der Waals surface area contributed by atoms with Gasteiger partial charge in [0.15, 0.2) is 5.78 Å². The Morgan fingerprint density at radius 2 is 2.09 bits per heavy atom. The van der Waals surface area contributed by atoms with Crippen LogP contribution in [0.2, 0.25) is 5.02 Å². The lowest BCUT2D eigenvalue weighted by molar-refractivity contribution is -0.0612. The van der Waals surface area contributed by atoms with E-state index in [-0.39, 0.29) is 11.4 Å². The summed E-state index contributed by atoms with van der Waals surface area (Å²) in [5, 5.41) is 8.57.